The first kappa shape index (κ1) is 20.7. The average Bonchev–Trinajstić information content (AvgIpc) is 3.20. The Balaban J connectivity index is 1.89. The number of nitrogens with zero attached hydrogens (tertiary/aromatic N) is 4. The molecular weight excluding hydrogens is 366 g/mol. The molecule has 1 aromatic heterocycles. The summed E-state index contributed by atoms with van der Waals surface area (Å²) >= 11 is 0. The molecule has 4 N–H and O–H groups in total. The van der Waals surface area contributed by atoms with E-state index in [2.05, 4.69) is 50.7 Å². The zero-order valence-corrected chi connectivity index (χ0v) is 17.1. The molecule has 0 bridgehead atoms. The van der Waals surface area contributed by atoms with Crippen LogP contribution in [0.3, 0.4) is 0 Å². The molecule has 1 amide bonds. The molecule has 1 saturated heterocycles. The van der Waals surface area contributed by atoms with E-state index in [1.54, 1.807) is 11.1 Å². The van der Waals surface area contributed by atoms with Crippen LogP contribution in [0.5, 0.6) is 0 Å². The largest absolute Gasteiger partial charge is 0.369 e. The predicted octanol–water partition coefficient (Wildman–Crippen LogP) is 1.72. The quantitative estimate of drug-likeness (QED) is 0.587. The Kier molecular flexibility index (Phi) is 6.73. The Morgan fingerprint density at radius 1 is 1.31 bits per heavy atom. The minimum absolute atomic E-state index is 0.0387. The van der Waals surface area contributed by atoms with Crippen LogP contribution in [0.25, 0.3) is 11.1 Å². The van der Waals surface area contributed by atoms with Gasteiger partial charge in [0.2, 0.25) is 5.91 Å². The van der Waals surface area contributed by atoms with E-state index in [-0.39, 0.29) is 12.5 Å². The molecule has 154 valence electrons. The number of anilines is 2. The predicted molar refractivity (Wildman–Crippen MR) is 115 cm³/mol. The highest BCUT2D eigenvalue weighted by atomic mass is 16.1. The molecule has 8 nitrogen and oxygen atoms in total. The molecule has 1 atom stereocenters. The molecule has 1 aromatic carbocycles. The normalized spacial score (nSPS) is 15.2. The number of hydrogen-bond acceptors (Lipinski definition) is 6. The molecule has 1 fully saturated rings. The monoisotopic (exact) mass is 395 g/mol. The van der Waals surface area contributed by atoms with Crippen LogP contribution in [-0.2, 0) is 4.79 Å². The first-order valence-electron chi connectivity index (χ1n) is 10.0. The van der Waals surface area contributed by atoms with Crippen molar-refractivity contribution >= 4 is 17.4 Å². The van der Waals surface area contributed by atoms with Crippen LogP contribution in [0.4, 0.5) is 11.5 Å². The third-order valence-electron chi connectivity index (χ3n) is 5.19. The van der Waals surface area contributed by atoms with Gasteiger partial charge < -0.3 is 20.9 Å². The molecule has 0 spiro atoms. The zero-order valence-electron chi connectivity index (χ0n) is 17.1. The van der Waals surface area contributed by atoms with E-state index in [1.807, 2.05) is 13.8 Å². The van der Waals surface area contributed by atoms with Gasteiger partial charge in [0.1, 0.15) is 12.6 Å². The van der Waals surface area contributed by atoms with Crippen molar-refractivity contribution in [1.29, 1.82) is 5.26 Å². The Morgan fingerprint density at radius 3 is 2.59 bits per heavy atom. The van der Waals surface area contributed by atoms with Gasteiger partial charge in [0.25, 0.3) is 0 Å². The molecule has 0 radical (unpaired) electrons. The molecule has 0 saturated carbocycles. The van der Waals surface area contributed by atoms with Crippen molar-refractivity contribution < 1.29 is 4.79 Å². The van der Waals surface area contributed by atoms with Gasteiger partial charge in [-0.1, -0.05) is 26.0 Å². The highest BCUT2D eigenvalue weighted by Gasteiger charge is 2.28. The van der Waals surface area contributed by atoms with Crippen molar-refractivity contribution in [3.8, 4) is 17.2 Å². The molecule has 3 rings (SSSR count). The van der Waals surface area contributed by atoms with Crippen LogP contribution in [0, 0.1) is 17.2 Å². The van der Waals surface area contributed by atoms with Crippen molar-refractivity contribution in [2.24, 2.45) is 11.7 Å². The lowest BCUT2D eigenvalue weighted by atomic mass is 10.0. The number of carbonyl (C=O) groups excluding carboxylic acids is 1. The maximum atomic E-state index is 12.1. The number of piperazine rings is 1. The average molecular weight is 396 g/mol. The number of amides is 1. The number of hydrogen-bond donors (Lipinski definition) is 3. The number of nitrogens with one attached hydrogen (secondary N) is 2. The van der Waals surface area contributed by atoms with Crippen LogP contribution in [-0.4, -0.2) is 54.9 Å². The number of nitrogens with two attached hydrogens (primary N) is 1. The summed E-state index contributed by atoms with van der Waals surface area (Å²) in [5.41, 5.74) is 8.68. The summed E-state index contributed by atoms with van der Waals surface area (Å²) in [6.45, 7) is 8.05. The topological polar surface area (TPSA) is 114 Å². The molecule has 29 heavy (non-hydrogen) atoms. The Morgan fingerprint density at radius 2 is 2.00 bits per heavy atom. The number of benzene rings is 1. The number of H-pyrrole nitrogens is 1. The smallest absolute Gasteiger partial charge is 0.240 e. The van der Waals surface area contributed by atoms with Gasteiger partial charge in [-0.25, -0.2) is 0 Å². The van der Waals surface area contributed by atoms with Crippen LogP contribution in [0.1, 0.15) is 20.3 Å². The fourth-order valence-electron chi connectivity index (χ4n) is 3.74. The molecule has 1 aliphatic heterocycles. The van der Waals surface area contributed by atoms with Gasteiger partial charge in [0.05, 0.1) is 6.07 Å². The molecule has 2 heterocycles. The summed E-state index contributed by atoms with van der Waals surface area (Å²) in [4.78, 5) is 16.2. The number of primary amides is 1. The van der Waals surface area contributed by atoms with Crippen molar-refractivity contribution in [1.82, 2.24) is 15.5 Å². The van der Waals surface area contributed by atoms with E-state index in [0.29, 0.717) is 12.2 Å². The SMILES string of the molecule is CC(C)CC(C(N)=O)N(CC#N)c1n[nH]cc1-c1ccc(N2CCNCC2)cc1. The number of rotatable bonds is 8. The van der Waals surface area contributed by atoms with Crippen molar-refractivity contribution in [3.63, 3.8) is 0 Å². The van der Waals surface area contributed by atoms with Gasteiger partial charge >= 0.3 is 0 Å². The van der Waals surface area contributed by atoms with Crippen LogP contribution < -0.4 is 20.9 Å². The van der Waals surface area contributed by atoms with E-state index in [1.165, 1.54) is 5.69 Å². The summed E-state index contributed by atoms with van der Waals surface area (Å²) in [5.74, 6) is 0.386. The van der Waals surface area contributed by atoms with E-state index in [4.69, 9.17) is 5.73 Å². The van der Waals surface area contributed by atoms with Crippen molar-refractivity contribution in [3.05, 3.63) is 30.5 Å². The minimum atomic E-state index is -0.586. The van der Waals surface area contributed by atoms with Crippen LogP contribution in [0.2, 0.25) is 0 Å². The lowest BCUT2D eigenvalue weighted by molar-refractivity contribution is -0.119. The highest BCUT2D eigenvalue weighted by Crippen LogP contribution is 2.32. The lowest BCUT2D eigenvalue weighted by Crippen LogP contribution is -2.46. The fourth-order valence-corrected chi connectivity index (χ4v) is 3.74. The second-order valence-corrected chi connectivity index (χ2v) is 7.74. The van der Waals surface area contributed by atoms with Gasteiger partial charge in [0, 0.05) is 43.6 Å². The number of aromatic nitrogens is 2. The number of nitriles is 1. The van der Waals surface area contributed by atoms with Gasteiger partial charge in [-0.15, -0.1) is 0 Å². The third-order valence-corrected chi connectivity index (χ3v) is 5.19. The summed E-state index contributed by atoms with van der Waals surface area (Å²) in [6.07, 6.45) is 2.36. The van der Waals surface area contributed by atoms with Gasteiger partial charge in [-0.05, 0) is 30.0 Å². The second-order valence-electron chi connectivity index (χ2n) is 7.74. The van der Waals surface area contributed by atoms with Crippen LogP contribution in [0.15, 0.2) is 30.5 Å². The zero-order chi connectivity index (χ0) is 20.8. The minimum Gasteiger partial charge on any atom is -0.369 e. The van der Waals surface area contributed by atoms with Gasteiger partial charge in [-0.2, -0.15) is 10.4 Å². The Labute approximate surface area is 171 Å². The molecule has 8 heteroatoms. The summed E-state index contributed by atoms with van der Waals surface area (Å²) in [5, 5.41) is 20.0. The summed E-state index contributed by atoms with van der Waals surface area (Å²) < 4.78 is 0. The van der Waals surface area contributed by atoms with Crippen LogP contribution >= 0.6 is 0 Å². The van der Waals surface area contributed by atoms with Crippen molar-refractivity contribution in [2.75, 3.05) is 42.5 Å². The van der Waals surface area contributed by atoms with E-state index in [9.17, 15) is 10.1 Å². The fraction of sp³-hybridized carbons (Fsp3) is 0.476. The van der Waals surface area contributed by atoms with Crippen molar-refractivity contribution in [2.45, 2.75) is 26.3 Å². The summed E-state index contributed by atoms with van der Waals surface area (Å²) in [6, 6.07) is 9.87. The highest BCUT2D eigenvalue weighted by molar-refractivity contribution is 5.86. The number of aromatic amines is 1. The molecule has 0 aliphatic carbocycles. The first-order chi connectivity index (χ1) is 14.0. The molecule has 1 aliphatic rings. The van der Waals surface area contributed by atoms with Gasteiger partial charge in [0.15, 0.2) is 5.82 Å². The Hall–Kier alpha value is -3.05. The van der Waals surface area contributed by atoms with Gasteiger partial charge in [-0.3, -0.25) is 9.89 Å². The third kappa shape index (κ3) is 4.87. The molecule has 1 unspecified atom stereocenters. The summed E-state index contributed by atoms with van der Waals surface area (Å²) in [7, 11) is 0. The van der Waals surface area contributed by atoms with E-state index in [0.717, 1.165) is 37.3 Å². The molecular formula is C21H29N7O. The maximum absolute atomic E-state index is 12.1. The van der Waals surface area contributed by atoms with E-state index < -0.39 is 11.9 Å². The first-order valence-corrected chi connectivity index (χ1v) is 10.0. The molecule has 2 aromatic rings. The lowest BCUT2D eigenvalue weighted by Gasteiger charge is -2.30. The second kappa shape index (κ2) is 9.43. The number of carbonyl (C=O) groups is 1. The van der Waals surface area contributed by atoms with E-state index >= 15 is 0 Å². The maximum Gasteiger partial charge on any atom is 0.240 e. The standard InChI is InChI=1S/C21H29N7O/c1-15(2)13-19(20(23)29)28(10-7-22)21-18(14-25-26-21)16-3-5-17(6-4-16)27-11-8-24-9-12-27/h3-6,14-15,19,24H,8-13H2,1-2H3,(H2,23,29)(H,25,26). The Bertz CT molecular complexity index is 847.